The summed E-state index contributed by atoms with van der Waals surface area (Å²) < 4.78 is 5.53. The summed E-state index contributed by atoms with van der Waals surface area (Å²) in [6, 6.07) is 17.5. The average Bonchev–Trinajstić information content (AvgIpc) is 2.72. The van der Waals surface area contributed by atoms with Crippen molar-refractivity contribution in [3.63, 3.8) is 0 Å². The third kappa shape index (κ3) is 5.07. The van der Waals surface area contributed by atoms with Gasteiger partial charge in [0.15, 0.2) is 0 Å². The highest BCUT2D eigenvalue weighted by molar-refractivity contribution is 8.00. The van der Waals surface area contributed by atoms with Gasteiger partial charge in [-0.05, 0) is 48.7 Å². The Morgan fingerprint density at radius 3 is 2.76 bits per heavy atom. The predicted octanol–water partition coefficient (Wildman–Crippen LogP) is 5.36. The maximum atomic E-state index is 12.4. The summed E-state index contributed by atoms with van der Waals surface area (Å²) in [7, 11) is 0. The second kappa shape index (κ2) is 9.44. The molecule has 0 saturated heterocycles. The number of fused-ring (bicyclic) bond motifs is 1. The second-order valence-electron chi connectivity index (χ2n) is 6.83. The van der Waals surface area contributed by atoms with Crippen LogP contribution in [0.15, 0.2) is 53.6 Å². The largest absolute Gasteiger partial charge is 0.492 e. The number of anilines is 1. The van der Waals surface area contributed by atoms with Gasteiger partial charge in [0.25, 0.3) is 0 Å². The van der Waals surface area contributed by atoms with E-state index >= 15 is 0 Å². The lowest BCUT2D eigenvalue weighted by Crippen LogP contribution is -2.15. The van der Waals surface area contributed by atoms with Crippen LogP contribution >= 0.6 is 11.8 Å². The molecule has 1 N–H and O–H groups in total. The standard InChI is InChI=1S/C23H23N3O2S/c1-4-28-21-8-6-5-7-20(21)25-22(27)14-29-23-18(13-24)12-17-11-16(15(2)3)9-10-19(17)26-23/h5-12,15H,4,14H2,1-3H3,(H,25,27). The van der Waals surface area contributed by atoms with E-state index in [4.69, 9.17) is 4.74 Å². The number of aromatic nitrogens is 1. The van der Waals surface area contributed by atoms with Gasteiger partial charge < -0.3 is 10.1 Å². The Hall–Kier alpha value is -3.04. The van der Waals surface area contributed by atoms with Crippen molar-refractivity contribution in [3.05, 3.63) is 59.7 Å². The SMILES string of the molecule is CCOc1ccccc1NC(=O)CSc1nc2ccc(C(C)C)cc2cc1C#N. The summed E-state index contributed by atoms with van der Waals surface area (Å²) >= 11 is 1.26. The lowest BCUT2D eigenvalue weighted by atomic mass is 10.0. The first-order valence-corrected chi connectivity index (χ1v) is 10.5. The van der Waals surface area contributed by atoms with Crippen molar-refractivity contribution in [1.29, 1.82) is 5.26 Å². The lowest BCUT2D eigenvalue weighted by molar-refractivity contribution is -0.113. The fourth-order valence-corrected chi connectivity index (χ4v) is 3.66. The number of benzene rings is 2. The lowest BCUT2D eigenvalue weighted by Gasteiger charge is -2.11. The zero-order valence-electron chi connectivity index (χ0n) is 16.7. The van der Waals surface area contributed by atoms with Gasteiger partial charge in [-0.25, -0.2) is 4.98 Å². The molecule has 0 unspecified atom stereocenters. The average molecular weight is 406 g/mol. The van der Waals surface area contributed by atoms with Crippen molar-refractivity contribution in [2.75, 3.05) is 17.7 Å². The number of thioether (sulfide) groups is 1. The molecule has 1 aromatic heterocycles. The molecule has 1 heterocycles. The van der Waals surface area contributed by atoms with E-state index in [0.717, 1.165) is 10.9 Å². The molecule has 6 heteroatoms. The van der Waals surface area contributed by atoms with Gasteiger partial charge >= 0.3 is 0 Å². The van der Waals surface area contributed by atoms with Crippen molar-refractivity contribution in [3.8, 4) is 11.8 Å². The van der Waals surface area contributed by atoms with Crippen LogP contribution < -0.4 is 10.1 Å². The molecular weight excluding hydrogens is 382 g/mol. The highest BCUT2D eigenvalue weighted by Crippen LogP contribution is 2.28. The Morgan fingerprint density at radius 2 is 2.03 bits per heavy atom. The quantitative estimate of drug-likeness (QED) is 0.536. The number of nitriles is 1. The molecule has 3 aromatic rings. The molecule has 0 aliphatic heterocycles. The van der Waals surface area contributed by atoms with Gasteiger partial charge in [0.2, 0.25) is 5.91 Å². The zero-order valence-corrected chi connectivity index (χ0v) is 17.5. The number of hydrogen-bond donors (Lipinski definition) is 1. The number of carbonyl (C=O) groups is 1. The molecule has 0 atom stereocenters. The van der Waals surface area contributed by atoms with Crippen LogP contribution in [-0.2, 0) is 4.79 Å². The van der Waals surface area contributed by atoms with E-state index in [9.17, 15) is 10.1 Å². The van der Waals surface area contributed by atoms with Crippen molar-refractivity contribution in [2.45, 2.75) is 31.7 Å². The molecule has 0 saturated carbocycles. The van der Waals surface area contributed by atoms with E-state index in [2.05, 4.69) is 42.4 Å². The van der Waals surface area contributed by atoms with Gasteiger partial charge in [0, 0.05) is 5.39 Å². The Labute approximate surface area is 175 Å². The van der Waals surface area contributed by atoms with Gasteiger partial charge in [0.05, 0.1) is 29.1 Å². The number of para-hydroxylation sites is 2. The smallest absolute Gasteiger partial charge is 0.234 e. The van der Waals surface area contributed by atoms with Crippen LogP contribution in [0.4, 0.5) is 5.69 Å². The van der Waals surface area contributed by atoms with E-state index in [0.29, 0.717) is 34.6 Å². The summed E-state index contributed by atoms with van der Waals surface area (Å²) in [6.45, 7) is 6.68. The molecule has 2 aromatic carbocycles. The topological polar surface area (TPSA) is 75.0 Å². The number of rotatable bonds is 7. The molecule has 0 fully saturated rings. The molecule has 29 heavy (non-hydrogen) atoms. The molecule has 0 aliphatic rings. The summed E-state index contributed by atoms with van der Waals surface area (Å²) in [4.78, 5) is 17.0. The van der Waals surface area contributed by atoms with E-state index in [1.807, 2.05) is 37.3 Å². The number of hydrogen-bond acceptors (Lipinski definition) is 5. The molecular formula is C23H23N3O2S. The minimum Gasteiger partial charge on any atom is -0.492 e. The van der Waals surface area contributed by atoms with Crippen LogP contribution in [0.25, 0.3) is 10.9 Å². The summed E-state index contributed by atoms with van der Waals surface area (Å²) in [5.41, 5.74) is 3.13. The first-order chi connectivity index (χ1) is 14.0. The third-order valence-corrected chi connectivity index (χ3v) is 5.38. The minimum atomic E-state index is -0.178. The van der Waals surface area contributed by atoms with Crippen molar-refractivity contribution in [1.82, 2.24) is 4.98 Å². The fraction of sp³-hybridized carbons (Fsp3) is 0.261. The van der Waals surface area contributed by atoms with E-state index in [-0.39, 0.29) is 11.7 Å². The Morgan fingerprint density at radius 1 is 1.24 bits per heavy atom. The Bertz CT molecular complexity index is 1070. The number of nitrogens with one attached hydrogen (secondary N) is 1. The maximum absolute atomic E-state index is 12.4. The normalized spacial score (nSPS) is 10.7. The van der Waals surface area contributed by atoms with Crippen LogP contribution in [-0.4, -0.2) is 23.3 Å². The monoisotopic (exact) mass is 405 g/mol. The number of carbonyl (C=O) groups excluding carboxylic acids is 1. The van der Waals surface area contributed by atoms with Crippen LogP contribution in [0.1, 0.15) is 37.8 Å². The molecule has 0 bridgehead atoms. The van der Waals surface area contributed by atoms with Crippen LogP contribution in [0.3, 0.4) is 0 Å². The van der Waals surface area contributed by atoms with Gasteiger partial charge in [-0.2, -0.15) is 5.26 Å². The van der Waals surface area contributed by atoms with Crippen molar-refractivity contribution < 1.29 is 9.53 Å². The Balaban J connectivity index is 1.75. The van der Waals surface area contributed by atoms with Gasteiger partial charge in [-0.3, -0.25) is 4.79 Å². The summed E-state index contributed by atoms with van der Waals surface area (Å²) in [5.74, 6) is 1.01. The molecule has 3 rings (SSSR count). The highest BCUT2D eigenvalue weighted by atomic mass is 32.2. The number of amides is 1. The highest BCUT2D eigenvalue weighted by Gasteiger charge is 2.13. The number of nitrogens with zero attached hydrogens (tertiary/aromatic N) is 2. The molecule has 0 aliphatic carbocycles. The summed E-state index contributed by atoms with van der Waals surface area (Å²) in [6.07, 6.45) is 0. The van der Waals surface area contributed by atoms with Crippen LogP contribution in [0, 0.1) is 11.3 Å². The number of pyridine rings is 1. The fourth-order valence-electron chi connectivity index (χ4n) is 2.90. The van der Waals surface area contributed by atoms with Gasteiger partial charge in [0.1, 0.15) is 16.8 Å². The van der Waals surface area contributed by atoms with E-state index < -0.39 is 0 Å². The minimum absolute atomic E-state index is 0.151. The third-order valence-electron chi connectivity index (χ3n) is 4.39. The first-order valence-electron chi connectivity index (χ1n) is 9.51. The molecule has 0 radical (unpaired) electrons. The maximum Gasteiger partial charge on any atom is 0.234 e. The van der Waals surface area contributed by atoms with Gasteiger partial charge in [-0.1, -0.05) is 43.8 Å². The van der Waals surface area contributed by atoms with Gasteiger partial charge in [-0.15, -0.1) is 0 Å². The van der Waals surface area contributed by atoms with Crippen LogP contribution in [0.5, 0.6) is 5.75 Å². The van der Waals surface area contributed by atoms with E-state index in [1.54, 1.807) is 6.07 Å². The summed E-state index contributed by atoms with van der Waals surface area (Å²) in [5, 5.41) is 13.9. The second-order valence-corrected chi connectivity index (χ2v) is 7.79. The predicted molar refractivity (Wildman–Crippen MR) is 118 cm³/mol. The molecule has 148 valence electrons. The molecule has 5 nitrogen and oxygen atoms in total. The van der Waals surface area contributed by atoms with Crippen LogP contribution in [0.2, 0.25) is 0 Å². The van der Waals surface area contributed by atoms with Crippen molar-refractivity contribution in [2.24, 2.45) is 0 Å². The van der Waals surface area contributed by atoms with Crippen molar-refractivity contribution >= 4 is 34.3 Å². The molecule has 0 spiro atoms. The van der Waals surface area contributed by atoms with E-state index in [1.165, 1.54) is 17.3 Å². The zero-order chi connectivity index (χ0) is 20.8. The Kier molecular flexibility index (Phi) is 6.73. The molecule has 1 amide bonds. The first kappa shape index (κ1) is 20.7. The number of ether oxygens (including phenoxy) is 1.